The van der Waals surface area contributed by atoms with E-state index in [4.69, 9.17) is 16.3 Å². The highest BCUT2D eigenvalue weighted by molar-refractivity contribution is 6.31. The van der Waals surface area contributed by atoms with Crippen molar-refractivity contribution >= 4 is 11.6 Å². The lowest BCUT2D eigenvalue weighted by Gasteiger charge is -2.10. The highest BCUT2D eigenvalue weighted by atomic mass is 35.5. The number of benzene rings is 1. The van der Waals surface area contributed by atoms with Crippen molar-refractivity contribution in [3.05, 3.63) is 57.1 Å². The molecule has 136 valence electrons. The number of aryl methyl sites for hydroxylation is 1. The van der Waals surface area contributed by atoms with E-state index in [2.05, 4.69) is 15.5 Å². The van der Waals surface area contributed by atoms with Gasteiger partial charge in [-0.2, -0.15) is 14.5 Å². The van der Waals surface area contributed by atoms with Crippen LogP contribution in [0.25, 0.3) is 0 Å². The quantitative estimate of drug-likeness (QED) is 0.633. The van der Waals surface area contributed by atoms with Gasteiger partial charge in [0.05, 0.1) is 18.8 Å². The fourth-order valence-corrected chi connectivity index (χ4v) is 3.00. The predicted octanol–water partition coefficient (Wildman–Crippen LogP) is 2.27. The Morgan fingerprint density at radius 1 is 1.23 bits per heavy atom. The van der Waals surface area contributed by atoms with Crippen LogP contribution in [0.3, 0.4) is 0 Å². The zero-order valence-corrected chi connectivity index (χ0v) is 15.1. The number of aromatic nitrogens is 6. The zero-order valence-electron chi connectivity index (χ0n) is 14.4. The van der Waals surface area contributed by atoms with Crippen LogP contribution in [0.2, 0.25) is 5.02 Å². The Balaban J connectivity index is 1.45. The molecule has 0 amide bonds. The molecule has 2 aromatic heterocycles. The molecular weight excluding hydrogens is 356 g/mol. The van der Waals surface area contributed by atoms with Gasteiger partial charge in [-0.15, -0.1) is 0 Å². The van der Waals surface area contributed by atoms with Crippen LogP contribution >= 0.6 is 11.6 Å². The lowest BCUT2D eigenvalue weighted by molar-refractivity contribution is 0.274. The summed E-state index contributed by atoms with van der Waals surface area (Å²) < 4.78 is 10.4. The Labute approximate surface area is 154 Å². The van der Waals surface area contributed by atoms with Crippen LogP contribution < -0.4 is 10.4 Å². The molecule has 1 aliphatic carbocycles. The molecule has 0 spiro atoms. The average Bonchev–Trinajstić information content (AvgIpc) is 3.27. The van der Waals surface area contributed by atoms with Gasteiger partial charge in [0.15, 0.2) is 0 Å². The van der Waals surface area contributed by atoms with Crippen molar-refractivity contribution in [1.29, 1.82) is 0 Å². The molecule has 1 aromatic carbocycles. The Morgan fingerprint density at radius 2 is 2.08 bits per heavy atom. The van der Waals surface area contributed by atoms with Gasteiger partial charge in [-0.05, 0) is 41.8 Å². The summed E-state index contributed by atoms with van der Waals surface area (Å²) in [7, 11) is 0. The minimum Gasteiger partial charge on any atom is -0.473 e. The standard InChI is InChI=1S/C17H19ClN6O2/c1-2-22-16(7-8-19-22)26-11-13-4-3-12(9-15(13)18)10-23-17(25)24(21-20-23)14-5-6-14/h3-4,7-9,14H,2,5-6,10-11H2,1H3. The average molecular weight is 375 g/mol. The molecule has 0 atom stereocenters. The first-order valence-electron chi connectivity index (χ1n) is 8.60. The number of ether oxygens (including phenoxy) is 1. The van der Waals surface area contributed by atoms with Crippen molar-refractivity contribution in [2.45, 2.75) is 45.5 Å². The van der Waals surface area contributed by atoms with E-state index in [1.807, 2.05) is 31.2 Å². The van der Waals surface area contributed by atoms with Gasteiger partial charge in [-0.25, -0.2) is 9.48 Å². The zero-order chi connectivity index (χ0) is 18.1. The van der Waals surface area contributed by atoms with Gasteiger partial charge in [-0.1, -0.05) is 23.7 Å². The molecule has 0 saturated heterocycles. The van der Waals surface area contributed by atoms with E-state index in [0.29, 0.717) is 24.1 Å². The molecule has 0 N–H and O–H groups in total. The van der Waals surface area contributed by atoms with Crippen LogP contribution in [0, 0.1) is 0 Å². The maximum absolute atomic E-state index is 12.2. The van der Waals surface area contributed by atoms with Gasteiger partial charge in [0.25, 0.3) is 0 Å². The summed E-state index contributed by atoms with van der Waals surface area (Å²) in [5, 5.41) is 12.7. The predicted molar refractivity (Wildman–Crippen MR) is 95.3 cm³/mol. The summed E-state index contributed by atoms with van der Waals surface area (Å²) in [5.74, 6) is 0.705. The van der Waals surface area contributed by atoms with Crippen LogP contribution in [0.5, 0.6) is 5.88 Å². The molecule has 3 aromatic rings. The van der Waals surface area contributed by atoms with Crippen molar-refractivity contribution in [2.24, 2.45) is 0 Å². The highest BCUT2D eigenvalue weighted by Crippen LogP contribution is 2.32. The van der Waals surface area contributed by atoms with Crippen molar-refractivity contribution in [3.8, 4) is 5.88 Å². The van der Waals surface area contributed by atoms with Crippen molar-refractivity contribution < 1.29 is 4.74 Å². The van der Waals surface area contributed by atoms with Crippen LogP contribution in [0.4, 0.5) is 0 Å². The second-order valence-electron chi connectivity index (χ2n) is 6.29. The largest absolute Gasteiger partial charge is 0.473 e. The molecule has 1 aliphatic rings. The molecule has 1 fully saturated rings. The number of halogens is 1. The van der Waals surface area contributed by atoms with Gasteiger partial charge >= 0.3 is 5.69 Å². The first-order chi connectivity index (χ1) is 12.7. The van der Waals surface area contributed by atoms with E-state index in [1.54, 1.807) is 10.9 Å². The SMILES string of the molecule is CCn1nccc1OCc1ccc(Cn2nnn(C3CC3)c2=O)cc1Cl. The number of rotatable bonds is 7. The van der Waals surface area contributed by atoms with Crippen molar-refractivity contribution in [1.82, 2.24) is 29.6 Å². The molecule has 0 unspecified atom stereocenters. The lowest BCUT2D eigenvalue weighted by Crippen LogP contribution is -2.25. The van der Waals surface area contributed by atoms with Crippen LogP contribution in [0.1, 0.15) is 36.9 Å². The highest BCUT2D eigenvalue weighted by Gasteiger charge is 2.27. The molecular formula is C17H19ClN6O2. The maximum atomic E-state index is 12.2. The van der Waals surface area contributed by atoms with Crippen LogP contribution in [0.15, 0.2) is 35.3 Å². The fraction of sp³-hybridized carbons (Fsp3) is 0.412. The summed E-state index contributed by atoms with van der Waals surface area (Å²) in [6.45, 7) is 3.44. The van der Waals surface area contributed by atoms with Crippen LogP contribution in [-0.4, -0.2) is 29.6 Å². The maximum Gasteiger partial charge on any atom is 0.364 e. The van der Waals surface area contributed by atoms with E-state index < -0.39 is 0 Å². The molecule has 2 heterocycles. The van der Waals surface area contributed by atoms with E-state index in [9.17, 15) is 4.79 Å². The van der Waals surface area contributed by atoms with Gasteiger partial charge < -0.3 is 4.74 Å². The minimum atomic E-state index is -0.177. The van der Waals surface area contributed by atoms with Crippen molar-refractivity contribution in [2.75, 3.05) is 0 Å². The molecule has 4 rings (SSSR count). The van der Waals surface area contributed by atoms with E-state index >= 15 is 0 Å². The number of hydrogen-bond acceptors (Lipinski definition) is 5. The summed E-state index contributed by atoms with van der Waals surface area (Å²) in [6.07, 6.45) is 3.70. The molecule has 1 saturated carbocycles. The molecule has 9 heteroatoms. The summed E-state index contributed by atoms with van der Waals surface area (Å²) >= 11 is 6.38. The monoisotopic (exact) mass is 374 g/mol. The van der Waals surface area contributed by atoms with Crippen LogP contribution in [-0.2, 0) is 19.7 Å². The number of tetrazole rings is 1. The lowest BCUT2D eigenvalue weighted by atomic mass is 10.1. The summed E-state index contributed by atoms with van der Waals surface area (Å²) in [6, 6.07) is 7.70. The topological polar surface area (TPSA) is 79.8 Å². The Morgan fingerprint density at radius 3 is 2.81 bits per heavy atom. The third kappa shape index (κ3) is 3.37. The summed E-state index contributed by atoms with van der Waals surface area (Å²) in [4.78, 5) is 12.2. The Bertz CT molecular complexity index is 972. The van der Waals surface area contributed by atoms with Gasteiger partial charge in [0.2, 0.25) is 5.88 Å². The second-order valence-corrected chi connectivity index (χ2v) is 6.70. The molecule has 0 radical (unpaired) electrons. The number of nitrogens with zero attached hydrogens (tertiary/aromatic N) is 6. The molecule has 26 heavy (non-hydrogen) atoms. The smallest absolute Gasteiger partial charge is 0.364 e. The van der Waals surface area contributed by atoms with E-state index in [1.165, 1.54) is 9.36 Å². The molecule has 0 bridgehead atoms. The Hall–Kier alpha value is -2.61. The molecule has 0 aliphatic heterocycles. The van der Waals surface area contributed by atoms with Gasteiger partial charge in [0.1, 0.15) is 6.61 Å². The number of hydrogen-bond donors (Lipinski definition) is 0. The van der Waals surface area contributed by atoms with Gasteiger partial charge in [0, 0.05) is 23.2 Å². The van der Waals surface area contributed by atoms with E-state index in [-0.39, 0.29) is 11.7 Å². The second kappa shape index (κ2) is 6.95. The minimum absolute atomic E-state index is 0.177. The fourth-order valence-electron chi connectivity index (χ4n) is 2.75. The first kappa shape index (κ1) is 16.8. The Kier molecular flexibility index (Phi) is 4.50. The van der Waals surface area contributed by atoms with Gasteiger partial charge in [-0.3, -0.25) is 0 Å². The molecule has 8 nitrogen and oxygen atoms in total. The third-order valence-corrected chi connectivity index (χ3v) is 4.71. The third-order valence-electron chi connectivity index (χ3n) is 4.36. The normalized spacial score (nSPS) is 13.9. The van der Waals surface area contributed by atoms with Crippen molar-refractivity contribution in [3.63, 3.8) is 0 Å². The van der Waals surface area contributed by atoms with E-state index in [0.717, 1.165) is 30.5 Å². The summed E-state index contributed by atoms with van der Waals surface area (Å²) in [5.41, 5.74) is 1.58. The first-order valence-corrected chi connectivity index (χ1v) is 8.97.